The number of hydrogen-bond donors (Lipinski definition) is 3. The zero-order valence-electron chi connectivity index (χ0n) is 25.8. The molecule has 0 heterocycles. The lowest BCUT2D eigenvalue weighted by Crippen LogP contribution is -2.45. The molecule has 0 aromatic heterocycles. The highest BCUT2D eigenvalue weighted by atomic mass is 32.1. The smallest absolute Gasteiger partial charge is 0.186 e. The summed E-state index contributed by atoms with van der Waals surface area (Å²) < 4.78 is 25.6. The standard InChI is InChI=1S/C25H62O4S3Si5/c1-10-11-26-33(2,3)18-22-37(23-19-34(4,5)27-12-15-30,24-20-35(6,7)28-13-16-31)25-21-36(8,9)29-14-17-32/h30-32H,10-25H2,1-9H3. The summed E-state index contributed by atoms with van der Waals surface area (Å²) in [5, 5.41) is 0. The Balaban J connectivity index is 5.98. The molecule has 0 radical (unpaired) electrons. The van der Waals surface area contributed by atoms with Crippen molar-refractivity contribution in [3.05, 3.63) is 0 Å². The van der Waals surface area contributed by atoms with E-state index in [9.17, 15) is 0 Å². The van der Waals surface area contributed by atoms with Crippen LogP contribution in [0.5, 0.6) is 0 Å². The fourth-order valence-electron chi connectivity index (χ4n) is 4.65. The Labute approximate surface area is 253 Å². The van der Waals surface area contributed by atoms with Gasteiger partial charge < -0.3 is 17.7 Å². The van der Waals surface area contributed by atoms with Gasteiger partial charge in [0.15, 0.2) is 33.3 Å². The maximum Gasteiger partial charge on any atom is 0.186 e. The Morgan fingerprint density at radius 3 is 0.865 bits per heavy atom. The van der Waals surface area contributed by atoms with Gasteiger partial charge in [-0.15, -0.1) is 0 Å². The van der Waals surface area contributed by atoms with Crippen molar-refractivity contribution in [3.63, 3.8) is 0 Å². The first-order valence-corrected chi connectivity index (χ1v) is 31.6. The van der Waals surface area contributed by atoms with Crippen LogP contribution < -0.4 is 0 Å². The Morgan fingerprint density at radius 2 is 0.649 bits per heavy atom. The topological polar surface area (TPSA) is 36.9 Å². The molecule has 0 saturated carbocycles. The van der Waals surface area contributed by atoms with Crippen LogP contribution in [0.4, 0.5) is 0 Å². The van der Waals surface area contributed by atoms with Crippen molar-refractivity contribution in [3.8, 4) is 0 Å². The summed E-state index contributed by atoms with van der Waals surface area (Å²) >= 11 is 13.2. The molecule has 0 aliphatic rings. The molecule has 0 aliphatic heterocycles. The number of hydrogen-bond acceptors (Lipinski definition) is 7. The van der Waals surface area contributed by atoms with E-state index in [-0.39, 0.29) is 0 Å². The first-order valence-electron chi connectivity index (χ1n) is 14.5. The molecule has 0 bridgehead atoms. The molecular weight excluding hydrogens is 601 g/mol. The summed E-state index contributed by atoms with van der Waals surface area (Å²) in [5.74, 6) is 2.41. The van der Waals surface area contributed by atoms with Gasteiger partial charge in [-0.3, -0.25) is 0 Å². The molecule has 0 aromatic rings. The van der Waals surface area contributed by atoms with E-state index in [1.807, 2.05) is 0 Å². The zero-order valence-corrected chi connectivity index (χ0v) is 33.5. The third-order valence-electron chi connectivity index (χ3n) is 7.48. The van der Waals surface area contributed by atoms with E-state index >= 15 is 0 Å². The minimum Gasteiger partial charge on any atom is -0.417 e. The first kappa shape index (κ1) is 39.0. The minimum absolute atomic E-state index is 0.775. The molecule has 12 heteroatoms. The summed E-state index contributed by atoms with van der Waals surface area (Å²) in [5.41, 5.74) is 0. The predicted octanol–water partition coefficient (Wildman–Crippen LogP) is 8.52. The van der Waals surface area contributed by atoms with E-state index in [0.29, 0.717) is 0 Å². The largest absolute Gasteiger partial charge is 0.417 e. The van der Waals surface area contributed by atoms with Crippen LogP contribution in [0, 0.1) is 0 Å². The molecule has 0 unspecified atom stereocenters. The SMILES string of the molecule is CCCO[Si](C)(C)CC[Si](CC[Si](C)(C)OCCS)(CC[Si](C)(C)OCCS)CC[Si](C)(C)OCCS. The van der Waals surface area contributed by atoms with Gasteiger partial charge in [-0.2, -0.15) is 37.9 Å². The third-order valence-corrected chi connectivity index (χ3v) is 25.0. The van der Waals surface area contributed by atoms with Crippen molar-refractivity contribution in [2.24, 2.45) is 0 Å². The van der Waals surface area contributed by atoms with Gasteiger partial charge in [0.25, 0.3) is 0 Å². The second kappa shape index (κ2) is 19.2. The summed E-state index contributed by atoms with van der Waals surface area (Å²) in [6.07, 6.45) is 1.10. The maximum atomic E-state index is 6.46. The van der Waals surface area contributed by atoms with Gasteiger partial charge in [-0.25, -0.2) is 0 Å². The van der Waals surface area contributed by atoms with Crippen molar-refractivity contribution >= 4 is 79.2 Å². The number of thiol groups is 3. The van der Waals surface area contributed by atoms with E-state index in [0.717, 1.165) is 50.1 Å². The van der Waals surface area contributed by atoms with Crippen LogP contribution in [0.3, 0.4) is 0 Å². The van der Waals surface area contributed by atoms with E-state index < -0.39 is 41.3 Å². The lowest BCUT2D eigenvalue weighted by Gasteiger charge is -2.40. The first-order chi connectivity index (χ1) is 17.1. The molecule has 0 saturated heterocycles. The van der Waals surface area contributed by atoms with Crippen LogP contribution in [0.15, 0.2) is 0 Å². The number of rotatable bonds is 24. The van der Waals surface area contributed by atoms with Crippen molar-refractivity contribution in [2.75, 3.05) is 43.7 Å². The van der Waals surface area contributed by atoms with E-state index in [1.54, 1.807) is 0 Å². The molecule has 0 aliphatic carbocycles. The normalized spacial score (nSPS) is 13.9. The Bertz CT molecular complexity index is 497. The van der Waals surface area contributed by atoms with Gasteiger partial charge in [0.05, 0.1) is 8.07 Å². The predicted molar refractivity (Wildman–Crippen MR) is 190 cm³/mol. The minimum atomic E-state index is -1.72. The molecule has 4 nitrogen and oxygen atoms in total. The monoisotopic (exact) mass is 662 g/mol. The molecule has 224 valence electrons. The fraction of sp³-hybridized carbons (Fsp3) is 1.00. The average Bonchev–Trinajstić information content (AvgIpc) is 2.83. The average molecular weight is 663 g/mol. The van der Waals surface area contributed by atoms with Crippen LogP contribution in [0.2, 0.25) is 101 Å². The highest BCUT2D eigenvalue weighted by Gasteiger charge is 2.41. The van der Waals surface area contributed by atoms with Gasteiger partial charge in [-0.05, 0) is 83.0 Å². The molecule has 0 N–H and O–H groups in total. The van der Waals surface area contributed by atoms with Gasteiger partial charge in [0.2, 0.25) is 0 Å². The zero-order chi connectivity index (χ0) is 28.6. The fourth-order valence-corrected chi connectivity index (χ4v) is 28.4. The van der Waals surface area contributed by atoms with Gasteiger partial charge in [-0.1, -0.05) is 31.1 Å². The molecule has 0 rings (SSSR count). The Morgan fingerprint density at radius 1 is 0.405 bits per heavy atom. The van der Waals surface area contributed by atoms with Crippen molar-refractivity contribution in [2.45, 2.75) is 114 Å². The molecular formula is C25H62O4S3Si5. The van der Waals surface area contributed by atoms with Gasteiger partial charge in [0.1, 0.15) is 0 Å². The van der Waals surface area contributed by atoms with Crippen LogP contribution in [-0.4, -0.2) is 85.0 Å². The molecule has 0 aromatic carbocycles. The molecule has 0 atom stereocenters. The van der Waals surface area contributed by atoms with E-state index in [1.165, 1.54) is 48.4 Å². The molecule has 0 amide bonds. The van der Waals surface area contributed by atoms with Gasteiger partial charge >= 0.3 is 0 Å². The van der Waals surface area contributed by atoms with Crippen LogP contribution in [0.1, 0.15) is 13.3 Å². The summed E-state index contributed by atoms with van der Waals surface area (Å²) in [6, 6.07) is 10.5. The molecule has 0 fully saturated rings. The summed E-state index contributed by atoms with van der Waals surface area (Å²) in [6.45, 7) is 24.7. The van der Waals surface area contributed by atoms with Crippen LogP contribution in [-0.2, 0) is 17.7 Å². The second-order valence-corrected chi connectivity index (χ2v) is 36.7. The second-order valence-electron chi connectivity index (χ2n) is 13.1. The third kappa shape index (κ3) is 19.7. The van der Waals surface area contributed by atoms with Crippen LogP contribution in [0.25, 0.3) is 0 Å². The molecule has 37 heavy (non-hydrogen) atoms. The summed E-state index contributed by atoms with van der Waals surface area (Å²) in [4.78, 5) is 0. The summed E-state index contributed by atoms with van der Waals surface area (Å²) in [7, 11) is -8.45. The van der Waals surface area contributed by atoms with E-state index in [2.05, 4.69) is 97.2 Å². The highest BCUT2D eigenvalue weighted by molar-refractivity contribution is 7.80. The quantitative estimate of drug-likeness (QED) is 0.0716. The lowest BCUT2D eigenvalue weighted by molar-refractivity contribution is 0.307. The van der Waals surface area contributed by atoms with Crippen LogP contribution >= 0.6 is 37.9 Å². The lowest BCUT2D eigenvalue weighted by atomic mass is 10.5. The molecule has 0 spiro atoms. The Hall–Kier alpha value is 1.97. The Kier molecular flexibility index (Phi) is 20.2. The van der Waals surface area contributed by atoms with Gasteiger partial charge in [0, 0.05) is 43.7 Å². The van der Waals surface area contributed by atoms with Crippen molar-refractivity contribution in [1.82, 2.24) is 0 Å². The maximum absolute atomic E-state index is 6.46. The van der Waals surface area contributed by atoms with Crippen molar-refractivity contribution < 1.29 is 17.7 Å². The van der Waals surface area contributed by atoms with E-state index in [4.69, 9.17) is 17.7 Å². The highest BCUT2D eigenvalue weighted by Crippen LogP contribution is 2.39. The van der Waals surface area contributed by atoms with Crippen molar-refractivity contribution in [1.29, 1.82) is 0 Å².